The predicted molar refractivity (Wildman–Crippen MR) is 70.2 cm³/mol. The standard InChI is InChI=1S/C12H15ClFNOS/c13-9-1-2-10(14)8(5-9)6-11(15)12-7-17-4-3-16-12/h1-2,5,11-12H,3-4,6-7,15H2. The van der Waals surface area contributed by atoms with E-state index in [4.69, 9.17) is 22.1 Å². The van der Waals surface area contributed by atoms with Crippen LogP contribution in [0.1, 0.15) is 5.56 Å². The number of thioether (sulfide) groups is 1. The van der Waals surface area contributed by atoms with Crippen molar-refractivity contribution in [3.05, 3.63) is 34.6 Å². The Morgan fingerprint density at radius 2 is 2.41 bits per heavy atom. The van der Waals surface area contributed by atoms with Gasteiger partial charge in [0.1, 0.15) is 5.82 Å². The quantitative estimate of drug-likeness (QED) is 0.921. The van der Waals surface area contributed by atoms with Gasteiger partial charge in [-0.25, -0.2) is 4.39 Å². The summed E-state index contributed by atoms with van der Waals surface area (Å²) < 4.78 is 19.1. The van der Waals surface area contributed by atoms with Crippen molar-refractivity contribution in [2.24, 2.45) is 5.73 Å². The van der Waals surface area contributed by atoms with Crippen LogP contribution >= 0.6 is 23.4 Å². The van der Waals surface area contributed by atoms with Gasteiger partial charge >= 0.3 is 0 Å². The molecule has 1 heterocycles. The van der Waals surface area contributed by atoms with Gasteiger partial charge in [0.2, 0.25) is 0 Å². The summed E-state index contributed by atoms with van der Waals surface area (Å²) >= 11 is 7.67. The van der Waals surface area contributed by atoms with E-state index in [-0.39, 0.29) is 18.0 Å². The van der Waals surface area contributed by atoms with Crippen LogP contribution in [0.2, 0.25) is 5.02 Å². The van der Waals surface area contributed by atoms with Crippen molar-refractivity contribution in [1.82, 2.24) is 0 Å². The summed E-state index contributed by atoms with van der Waals surface area (Å²) in [6.45, 7) is 0.723. The first-order valence-electron chi connectivity index (χ1n) is 5.55. The molecule has 2 atom stereocenters. The molecule has 17 heavy (non-hydrogen) atoms. The fourth-order valence-electron chi connectivity index (χ4n) is 1.84. The van der Waals surface area contributed by atoms with Crippen LogP contribution in [0, 0.1) is 5.82 Å². The molecule has 0 aliphatic carbocycles. The van der Waals surface area contributed by atoms with Gasteiger partial charge in [-0.05, 0) is 30.2 Å². The molecule has 2 rings (SSSR count). The maximum Gasteiger partial charge on any atom is 0.126 e. The van der Waals surface area contributed by atoms with Crippen molar-refractivity contribution >= 4 is 23.4 Å². The minimum atomic E-state index is -0.256. The zero-order chi connectivity index (χ0) is 12.3. The summed E-state index contributed by atoms with van der Waals surface area (Å²) in [5, 5.41) is 0.535. The molecule has 0 aromatic heterocycles. The number of ether oxygens (including phenoxy) is 1. The molecule has 0 spiro atoms. The van der Waals surface area contributed by atoms with Crippen LogP contribution in [0.15, 0.2) is 18.2 Å². The lowest BCUT2D eigenvalue weighted by Gasteiger charge is -2.27. The minimum absolute atomic E-state index is 0.00660. The average Bonchev–Trinajstić information content (AvgIpc) is 2.35. The minimum Gasteiger partial charge on any atom is -0.375 e. The van der Waals surface area contributed by atoms with E-state index in [9.17, 15) is 4.39 Å². The number of hydrogen-bond acceptors (Lipinski definition) is 3. The Morgan fingerprint density at radius 3 is 3.12 bits per heavy atom. The van der Waals surface area contributed by atoms with E-state index in [0.717, 1.165) is 18.1 Å². The summed E-state index contributed by atoms with van der Waals surface area (Å²) in [7, 11) is 0. The molecule has 2 nitrogen and oxygen atoms in total. The van der Waals surface area contributed by atoms with Gasteiger partial charge in [-0.15, -0.1) is 0 Å². The molecular weight excluding hydrogens is 261 g/mol. The average molecular weight is 276 g/mol. The topological polar surface area (TPSA) is 35.2 Å². The van der Waals surface area contributed by atoms with Gasteiger partial charge in [0.25, 0.3) is 0 Å². The Bertz CT molecular complexity index is 385. The van der Waals surface area contributed by atoms with Crippen molar-refractivity contribution < 1.29 is 9.13 Å². The van der Waals surface area contributed by atoms with Gasteiger partial charge in [0.15, 0.2) is 0 Å². The van der Waals surface area contributed by atoms with Crippen molar-refractivity contribution in [3.8, 4) is 0 Å². The van der Waals surface area contributed by atoms with Crippen molar-refractivity contribution in [2.45, 2.75) is 18.6 Å². The third-order valence-electron chi connectivity index (χ3n) is 2.78. The molecule has 1 aliphatic heterocycles. The van der Waals surface area contributed by atoms with E-state index in [1.165, 1.54) is 6.07 Å². The highest BCUT2D eigenvalue weighted by Crippen LogP contribution is 2.20. The van der Waals surface area contributed by atoms with Crippen LogP contribution in [0.25, 0.3) is 0 Å². The fraction of sp³-hybridized carbons (Fsp3) is 0.500. The Hall–Kier alpha value is -0.290. The molecule has 1 aliphatic rings. The van der Waals surface area contributed by atoms with Gasteiger partial charge < -0.3 is 10.5 Å². The second-order valence-electron chi connectivity index (χ2n) is 4.09. The molecule has 2 N–H and O–H groups in total. The SMILES string of the molecule is NC(Cc1cc(Cl)ccc1F)C1CSCCO1. The fourth-order valence-corrected chi connectivity index (χ4v) is 2.99. The Kier molecular flexibility index (Phi) is 4.68. The highest BCUT2D eigenvalue weighted by Gasteiger charge is 2.22. The number of nitrogens with two attached hydrogens (primary N) is 1. The lowest BCUT2D eigenvalue weighted by Crippen LogP contribution is -2.42. The first-order chi connectivity index (χ1) is 8.16. The van der Waals surface area contributed by atoms with Crippen molar-refractivity contribution in [2.75, 3.05) is 18.1 Å². The molecule has 2 unspecified atom stereocenters. The van der Waals surface area contributed by atoms with Crippen molar-refractivity contribution in [1.29, 1.82) is 0 Å². The molecule has 1 saturated heterocycles. The second-order valence-corrected chi connectivity index (χ2v) is 5.67. The highest BCUT2D eigenvalue weighted by atomic mass is 35.5. The molecule has 1 aromatic rings. The third-order valence-corrected chi connectivity index (χ3v) is 4.04. The van der Waals surface area contributed by atoms with E-state index in [2.05, 4.69) is 0 Å². The lowest BCUT2D eigenvalue weighted by molar-refractivity contribution is 0.0570. The molecule has 0 radical (unpaired) electrons. The molecule has 94 valence electrons. The first kappa shape index (κ1) is 13.1. The number of rotatable bonds is 3. The first-order valence-corrected chi connectivity index (χ1v) is 7.09. The maximum atomic E-state index is 13.5. The molecule has 0 amide bonds. The van der Waals surface area contributed by atoms with Crippen LogP contribution in [-0.2, 0) is 11.2 Å². The van der Waals surface area contributed by atoms with Crippen LogP contribution in [-0.4, -0.2) is 30.3 Å². The third kappa shape index (κ3) is 3.58. The molecule has 1 aromatic carbocycles. The summed E-state index contributed by atoms with van der Waals surface area (Å²) in [5.41, 5.74) is 6.61. The second kappa shape index (κ2) is 6.05. The molecule has 0 saturated carbocycles. The van der Waals surface area contributed by atoms with E-state index in [0.29, 0.717) is 17.0 Å². The van der Waals surface area contributed by atoms with E-state index >= 15 is 0 Å². The van der Waals surface area contributed by atoms with Crippen molar-refractivity contribution in [3.63, 3.8) is 0 Å². The Morgan fingerprint density at radius 1 is 1.59 bits per heavy atom. The number of halogens is 2. The predicted octanol–water partition coefficient (Wildman–Crippen LogP) is 2.48. The largest absolute Gasteiger partial charge is 0.375 e. The van der Waals surface area contributed by atoms with E-state index < -0.39 is 0 Å². The van der Waals surface area contributed by atoms with Crippen LogP contribution in [0.4, 0.5) is 4.39 Å². The van der Waals surface area contributed by atoms with Crippen LogP contribution in [0.3, 0.4) is 0 Å². The van der Waals surface area contributed by atoms with E-state index in [1.807, 2.05) is 11.8 Å². The molecule has 0 bridgehead atoms. The zero-order valence-corrected chi connectivity index (χ0v) is 10.9. The van der Waals surface area contributed by atoms with E-state index in [1.54, 1.807) is 12.1 Å². The smallest absolute Gasteiger partial charge is 0.126 e. The van der Waals surface area contributed by atoms with Crippen LogP contribution in [0.5, 0.6) is 0 Å². The zero-order valence-electron chi connectivity index (χ0n) is 9.36. The summed E-state index contributed by atoms with van der Waals surface area (Å²) in [5.74, 6) is 1.63. The monoisotopic (exact) mass is 275 g/mol. The van der Waals surface area contributed by atoms with Gasteiger partial charge in [0, 0.05) is 22.6 Å². The van der Waals surface area contributed by atoms with Gasteiger partial charge in [0.05, 0.1) is 12.7 Å². The van der Waals surface area contributed by atoms with Crippen LogP contribution < -0.4 is 5.73 Å². The summed E-state index contributed by atoms with van der Waals surface area (Å²) in [6.07, 6.45) is 0.463. The molecular formula is C12H15ClFNOS. The molecule has 1 fully saturated rings. The van der Waals surface area contributed by atoms with Gasteiger partial charge in [-0.1, -0.05) is 11.6 Å². The summed E-state index contributed by atoms with van der Waals surface area (Å²) in [4.78, 5) is 0. The van der Waals surface area contributed by atoms with Gasteiger partial charge in [-0.2, -0.15) is 11.8 Å². The summed E-state index contributed by atoms with van der Waals surface area (Å²) in [6, 6.07) is 4.36. The molecule has 5 heteroatoms. The maximum absolute atomic E-state index is 13.5. The van der Waals surface area contributed by atoms with Gasteiger partial charge in [-0.3, -0.25) is 0 Å². The lowest BCUT2D eigenvalue weighted by atomic mass is 10.0. The number of benzene rings is 1. The normalized spacial score (nSPS) is 22.4. The number of hydrogen-bond donors (Lipinski definition) is 1. The Labute approximate surface area is 110 Å². The highest BCUT2D eigenvalue weighted by molar-refractivity contribution is 7.99. The Balaban J connectivity index is 2.01.